The third-order valence-corrected chi connectivity index (χ3v) is 6.15. The van der Waals surface area contributed by atoms with Crippen LogP contribution < -0.4 is 0 Å². The third kappa shape index (κ3) is 2.73. The van der Waals surface area contributed by atoms with E-state index < -0.39 is 0 Å². The SMILES string of the molecule is CSc1cc2c(s1)C(c1ccccc1)CN(C)CC2. The summed E-state index contributed by atoms with van der Waals surface area (Å²) in [5.74, 6) is 0.537. The van der Waals surface area contributed by atoms with Crippen molar-refractivity contribution in [3.8, 4) is 0 Å². The Hall–Kier alpha value is -0.770. The molecule has 0 amide bonds. The molecule has 1 unspecified atom stereocenters. The maximum absolute atomic E-state index is 2.46. The summed E-state index contributed by atoms with van der Waals surface area (Å²) in [4.78, 5) is 4.04. The number of thiophene rings is 1. The predicted octanol–water partition coefficient (Wildman–Crippen LogP) is 4.09. The minimum absolute atomic E-state index is 0.537. The lowest BCUT2D eigenvalue weighted by Gasteiger charge is -2.20. The number of thioether (sulfide) groups is 1. The molecule has 1 atom stereocenters. The molecule has 100 valence electrons. The first kappa shape index (κ1) is 13.2. The van der Waals surface area contributed by atoms with Gasteiger partial charge < -0.3 is 4.90 Å². The van der Waals surface area contributed by atoms with Gasteiger partial charge in [0.25, 0.3) is 0 Å². The smallest absolute Gasteiger partial charge is 0.0601 e. The van der Waals surface area contributed by atoms with Crippen LogP contribution in [0, 0.1) is 0 Å². The second-order valence-electron chi connectivity index (χ2n) is 5.13. The van der Waals surface area contributed by atoms with Gasteiger partial charge in [-0.05, 0) is 36.9 Å². The molecule has 1 aliphatic heterocycles. The number of rotatable bonds is 2. The Bertz CT molecular complexity index is 547. The van der Waals surface area contributed by atoms with Gasteiger partial charge >= 0.3 is 0 Å². The molecule has 3 rings (SSSR count). The first-order valence-corrected chi connectivity index (χ1v) is 8.72. The van der Waals surface area contributed by atoms with Gasteiger partial charge in [-0.25, -0.2) is 0 Å². The summed E-state index contributed by atoms with van der Waals surface area (Å²) < 4.78 is 1.45. The normalized spacial score (nSPS) is 20.0. The van der Waals surface area contributed by atoms with Crippen molar-refractivity contribution in [3.05, 3.63) is 52.4 Å². The predicted molar refractivity (Wildman–Crippen MR) is 85.6 cm³/mol. The molecule has 0 saturated heterocycles. The molecule has 1 nitrogen and oxygen atoms in total. The van der Waals surface area contributed by atoms with Crippen LogP contribution >= 0.6 is 23.1 Å². The molecular weight excluding hydrogens is 270 g/mol. The van der Waals surface area contributed by atoms with Crippen molar-refractivity contribution in [2.45, 2.75) is 16.5 Å². The Labute approximate surface area is 123 Å². The molecule has 0 spiro atoms. The van der Waals surface area contributed by atoms with Gasteiger partial charge in [0, 0.05) is 23.9 Å². The molecule has 19 heavy (non-hydrogen) atoms. The summed E-state index contributed by atoms with van der Waals surface area (Å²) in [5, 5.41) is 0. The van der Waals surface area contributed by atoms with E-state index in [1.54, 1.807) is 10.4 Å². The summed E-state index contributed by atoms with van der Waals surface area (Å²) in [5.41, 5.74) is 3.01. The largest absolute Gasteiger partial charge is 0.305 e. The Balaban J connectivity index is 2.04. The minimum atomic E-state index is 0.537. The monoisotopic (exact) mass is 289 g/mol. The Kier molecular flexibility index (Phi) is 3.96. The van der Waals surface area contributed by atoms with E-state index in [-0.39, 0.29) is 0 Å². The van der Waals surface area contributed by atoms with Crippen molar-refractivity contribution in [1.82, 2.24) is 4.90 Å². The van der Waals surface area contributed by atoms with Gasteiger partial charge in [-0.15, -0.1) is 23.1 Å². The van der Waals surface area contributed by atoms with Crippen molar-refractivity contribution in [1.29, 1.82) is 0 Å². The van der Waals surface area contributed by atoms with E-state index in [9.17, 15) is 0 Å². The molecule has 0 radical (unpaired) electrons. The van der Waals surface area contributed by atoms with Gasteiger partial charge in [0.05, 0.1) is 4.21 Å². The number of fused-ring (bicyclic) bond motifs is 1. The van der Waals surface area contributed by atoms with Crippen molar-refractivity contribution in [3.63, 3.8) is 0 Å². The summed E-state index contributed by atoms with van der Waals surface area (Å²) >= 11 is 3.86. The molecule has 0 N–H and O–H groups in total. The van der Waals surface area contributed by atoms with E-state index >= 15 is 0 Å². The Morgan fingerprint density at radius 1 is 1.26 bits per heavy atom. The molecule has 1 aromatic heterocycles. The topological polar surface area (TPSA) is 3.24 Å². The molecule has 2 aromatic rings. The maximum Gasteiger partial charge on any atom is 0.0601 e. The third-order valence-electron chi connectivity index (χ3n) is 3.80. The van der Waals surface area contributed by atoms with Gasteiger partial charge in [0.15, 0.2) is 0 Å². The average Bonchev–Trinajstić information content (AvgIpc) is 2.80. The molecule has 0 fully saturated rings. The highest BCUT2D eigenvalue weighted by atomic mass is 32.2. The second kappa shape index (κ2) is 5.70. The Morgan fingerprint density at radius 2 is 2.05 bits per heavy atom. The fourth-order valence-corrected chi connectivity index (χ4v) is 4.67. The van der Waals surface area contributed by atoms with Gasteiger partial charge in [-0.1, -0.05) is 30.3 Å². The van der Waals surface area contributed by atoms with Crippen molar-refractivity contribution in [2.75, 3.05) is 26.4 Å². The van der Waals surface area contributed by atoms with Crippen molar-refractivity contribution < 1.29 is 0 Å². The molecule has 3 heteroatoms. The molecular formula is C16H19NS2. The van der Waals surface area contributed by atoms with Crippen molar-refractivity contribution >= 4 is 23.1 Å². The summed E-state index contributed by atoms with van der Waals surface area (Å²) in [6, 6.07) is 13.4. The fourth-order valence-electron chi connectivity index (χ4n) is 2.75. The highest BCUT2D eigenvalue weighted by Gasteiger charge is 2.25. The zero-order valence-corrected chi connectivity index (χ0v) is 13.1. The zero-order valence-electron chi connectivity index (χ0n) is 11.4. The van der Waals surface area contributed by atoms with Crippen LogP contribution in [0.15, 0.2) is 40.6 Å². The van der Waals surface area contributed by atoms with Crippen LogP contribution in [-0.2, 0) is 6.42 Å². The zero-order chi connectivity index (χ0) is 13.2. The fraction of sp³-hybridized carbons (Fsp3) is 0.375. The molecule has 0 aliphatic carbocycles. The van der Waals surface area contributed by atoms with Gasteiger partial charge in [0.2, 0.25) is 0 Å². The minimum Gasteiger partial charge on any atom is -0.305 e. The number of likely N-dealkylation sites (N-methyl/N-ethyl adjacent to an activating group) is 1. The van der Waals surface area contributed by atoms with Gasteiger partial charge in [-0.2, -0.15) is 0 Å². The van der Waals surface area contributed by atoms with Crippen molar-refractivity contribution in [2.24, 2.45) is 0 Å². The first-order valence-electron chi connectivity index (χ1n) is 6.68. The lowest BCUT2D eigenvalue weighted by atomic mass is 9.95. The van der Waals surface area contributed by atoms with E-state index in [0.717, 1.165) is 6.54 Å². The second-order valence-corrected chi connectivity index (χ2v) is 7.32. The number of hydrogen-bond acceptors (Lipinski definition) is 3. The van der Waals surface area contributed by atoms with Crippen LogP contribution in [0.5, 0.6) is 0 Å². The lowest BCUT2D eigenvalue weighted by Crippen LogP contribution is -2.24. The summed E-state index contributed by atoms with van der Waals surface area (Å²) in [6.45, 7) is 2.30. The van der Waals surface area contributed by atoms with Crippen LogP contribution in [0.1, 0.15) is 21.9 Å². The van der Waals surface area contributed by atoms with E-state index in [0.29, 0.717) is 5.92 Å². The molecule has 0 saturated carbocycles. The highest BCUT2D eigenvalue weighted by molar-refractivity contribution is 8.00. The quantitative estimate of drug-likeness (QED) is 0.766. The van der Waals surface area contributed by atoms with Crippen LogP contribution in [0.4, 0.5) is 0 Å². The van der Waals surface area contributed by atoms with Crippen LogP contribution in [0.3, 0.4) is 0 Å². The van der Waals surface area contributed by atoms with E-state index in [1.807, 2.05) is 23.1 Å². The van der Waals surface area contributed by atoms with E-state index in [4.69, 9.17) is 0 Å². The van der Waals surface area contributed by atoms with Crippen LogP contribution in [0.25, 0.3) is 0 Å². The number of hydrogen-bond donors (Lipinski definition) is 0. The van der Waals surface area contributed by atoms with E-state index in [1.165, 1.54) is 22.7 Å². The Morgan fingerprint density at radius 3 is 2.79 bits per heavy atom. The van der Waals surface area contributed by atoms with Crippen LogP contribution in [-0.4, -0.2) is 31.3 Å². The summed E-state index contributed by atoms with van der Waals surface area (Å²) in [7, 11) is 2.24. The molecule has 1 aliphatic rings. The average molecular weight is 289 g/mol. The number of benzene rings is 1. The van der Waals surface area contributed by atoms with Gasteiger partial charge in [-0.3, -0.25) is 0 Å². The van der Waals surface area contributed by atoms with Gasteiger partial charge in [0.1, 0.15) is 0 Å². The maximum atomic E-state index is 2.46. The number of nitrogens with zero attached hydrogens (tertiary/aromatic N) is 1. The lowest BCUT2D eigenvalue weighted by molar-refractivity contribution is 0.338. The molecule has 1 aromatic carbocycles. The molecule has 0 bridgehead atoms. The summed E-state index contributed by atoms with van der Waals surface area (Å²) in [6.07, 6.45) is 3.36. The first-order chi connectivity index (χ1) is 9.28. The molecule has 2 heterocycles. The standard InChI is InChI=1S/C16H19NS2/c1-17-9-8-13-10-15(18-2)19-16(13)14(11-17)12-6-4-3-5-7-12/h3-7,10,14H,8-9,11H2,1-2H3. The van der Waals surface area contributed by atoms with Crippen LogP contribution in [0.2, 0.25) is 0 Å². The van der Waals surface area contributed by atoms with E-state index in [2.05, 4.69) is 54.6 Å². The highest BCUT2D eigenvalue weighted by Crippen LogP contribution is 2.39.